The topological polar surface area (TPSA) is 58.2 Å². The lowest BCUT2D eigenvalue weighted by Crippen LogP contribution is -2.36. The largest absolute Gasteiger partial charge is 0.345 e. The van der Waals surface area contributed by atoms with E-state index in [0.717, 1.165) is 18.9 Å². The Morgan fingerprint density at radius 1 is 1.25 bits per heavy atom. The summed E-state index contributed by atoms with van der Waals surface area (Å²) in [5.74, 6) is -1.90. The Morgan fingerprint density at radius 3 is 2.62 bits per heavy atom. The van der Waals surface area contributed by atoms with Crippen molar-refractivity contribution in [1.82, 2.24) is 5.32 Å². The lowest BCUT2D eigenvalue weighted by atomic mass is 10.3. The Hall–Kier alpha value is -1.91. The van der Waals surface area contributed by atoms with Crippen LogP contribution < -0.4 is 10.6 Å². The van der Waals surface area contributed by atoms with Crippen LogP contribution in [0.5, 0.6) is 0 Å². The molecule has 2 N–H and O–H groups in total. The average Bonchev–Trinajstić information content (AvgIpc) is 3.01. The summed E-state index contributed by atoms with van der Waals surface area (Å²) >= 11 is 0. The number of rotatable bonds is 2. The van der Waals surface area contributed by atoms with Crippen molar-refractivity contribution in [2.75, 3.05) is 5.32 Å². The third-order valence-corrected chi connectivity index (χ3v) is 2.20. The number of carbonyl (C=O) groups is 2. The first kappa shape index (κ1) is 10.6. The molecule has 0 aliphatic heterocycles. The van der Waals surface area contributed by atoms with Crippen LogP contribution in [0.1, 0.15) is 12.8 Å². The van der Waals surface area contributed by atoms with Gasteiger partial charge in [0.1, 0.15) is 5.82 Å². The molecule has 5 heteroatoms. The van der Waals surface area contributed by atoms with Crippen LogP contribution in [0.4, 0.5) is 10.1 Å². The number of halogens is 1. The van der Waals surface area contributed by atoms with E-state index in [-0.39, 0.29) is 11.7 Å². The third kappa shape index (κ3) is 2.79. The van der Waals surface area contributed by atoms with Gasteiger partial charge in [-0.1, -0.05) is 6.07 Å². The molecule has 0 heterocycles. The molecule has 16 heavy (non-hydrogen) atoms. The molecule has 1 aliphatic rings. The zero-order valence-corrected chi connectivity index (χ0v) is 8.50. The Morgan fingerprint density at radius 2 is 2.00 bits per heavy atom. The van der Waals surface area contributed by atoms with Crippen molar-refractivity contribution in [3.05, 3.63) is 30.1 Å². The molecule has 0 spiro atoms. The molecule has 0 atom stereocenters. The molecule has 1 aromatic rings. The van der Waals surface area contributed by atoms with Crippen LogP contribution in [0.15, 0.2) is 24.3 Å². The van der Waals surface area contributed by atoms with Gasteiger partial charge >= 0.3 is 11.8 Å². The fourth-order valence-electron chi connectivity index (χ4n) is 1.23. The Labute approximate surface area is 91.8 Å². The van der Waals surface area contributed by atoms with Crippen LogP contribution in [0, 0.1) is 5.82 Å². The van der Waals surface area contributed by atoms with Crippen molar-refractivity contribution in [3.63, 3.8) is 0 Å². The number of hydrogen-bond donors (Lipinski definition) is 2. The summed E-state index contributed by atoms with van der Waals surface area (Å²) in [6, 6.07) is 5.53. The molecular formula is C11H11FN2O2. The van der Waals surface area contributed by atoms with Gasteiger partial charge in [-0.25, -0.2) is 4.39 Å². The molecule has 1 aliphatic carbocycles. The second-order valence-electron chi connectivity index (χ2n) is 3.71. The molecule has 0 radical (unpaired) electrons. The Kier molecular flexibility index (Phi) is 2.85. The first-order valence-corrected chi connectivity index (χ1v) is 5.02. The number of nitrogens with one attached hydrogen (secondary N) is 2. The van der Waals surface area contributed by atoms with Gasteiger partial charge in [-0.05, 0) is 31.0 Å². The van der Waals surface area contributed by atoms with Crippen molar-refractivity contribution in [2.24, 2.45) is 0 Å². The third-order valence-electron chi connectivity index (χ3n) is 2.20. The Balaban J connectivity index is 1.93. The standard InChI is InChI=1S/C11H11FN2O2/c12-7-2-1-3-9(6-7)14-11(16)10(15)13-8-4-5-8/h1-3,6,8H,4-5H2,(H,13,15)(H,14,16). The van der Waals surface area contributed by atoms with E-state index in [1.54, 1.807) is 0 Å². The summed E-state index contributed by atoms with van der Waals surface area (Å²) < 4.78 is 12.8. The van der Waals surface area contributed by atoms with E-state index in [1.165, 1.54) is 18.2 Å². The van der Waals surface area contributed by atoms with Crippen LogP contribution >= 0.6 is 0 Å². The van der Waals surface area contributed by atoms with Gasteiger partial charge in [0.25, 0.3) is 0 Å². The fraction of sp³-hybridized carbons (Fsp3) is 0.273. The van der Waals surface area contributed by atoms with E-state index in [9.17, 15) is 14.0 Å². The van der Waals surface area contributed by atoms with E-state index in [1.807, 2.05) is 0 Å². The van der Waals surface area contributed by atoms with Gasteiger partial charge in [0.15, 0.2) is 0 Å². The van der Waals surface area contributed by atoms with Crippen molar-refractivity contribution in [2.45, 2.75) is 18.9 Å². The lowest BCUT2D eigenvalue weighted by Gasteiger charge is -2.05. The molecule has 4 nitrogen and oxygen atoms in total. The molecule has 2 amide bonds. The quantitative estimate of drug-likeness (QED) is 0.734. The predicted octanol–water partition coefficient (Wildman–Crippen LogP) is 1.04. The smallest absolute Gasteiger partial charge is 0.313 e. The van der Waals surface area contributed by atoms with Gasteiger partial charge < -0.3 is 10.6 Å². The van der Waals surface area contributed by atoms with Crippen LogP contribution in [0.3, 0.4) is 0 Å². The maximum absolute atomic E-state index is 12.8. The van der Waals surface area contributed by atoms with E-state index >= 15 is 0 Å². The molecule has 1 aromatic carbocycles. The van der Waals surface area contributed by atoms with Gasteiger partial charge in [0.2, 0.25) is 0 Å². The normalized spacial score (nSPS) is 14.3. The highest BCUT2D eigenvalue weighted by Crippen LogP contribution is 2.18. The second kappa shape index (κ2) is 4.30. The highest BCUT2D eigenvalue weighted by molar-refractivity contribution is 6.39. The SMILES string of the molecule is O=C(Nc1cccc(F)c1)C(=O)NC1CC1. The summed E-state index contributed by atoms with van der Waals surface area (Å²) in [6.07, 6.45) is 1.83. The minimum Gasteiger partial charge on any atom is -0.345 e. The summed E-state index contributed by atoms with van der Waals surface area (Å²) in [4.78, 5) is 22.6. The van der Waals surface area contributed by atoms with Gasteiger partial charge in [-0.15, -0.1) is 0 Å². The molecule has 84 valence electrons. The number of anilines is 1. The molecule has 0 bridgehead atoms. The summed E-state index contributed by atoms with van der Waals surface area (Å²) in [5.41, 5.74) is 0.274. The minimum absolute atomic E-state index is 0.130. The number of benzene rings is 1. The second-order valence-corrected chi connectivity index (χ2v) is 3.71. The zero-order valence-electron chi connectivity index (χ0n) is 8.50. The maximum atomic E-state index is 12.8. The van der Waals surface area contributed by atoms with Crippen LogP contribution in [-0.2, 0) is 9.59 Å². The monoisotopic (exact) mass is 222 g/mol. The molecule has 0 unspecified atom stereocenters. The average molecular weight is 222 g/mol. The highest BCUT2D eigenvalue weighted by Gasteiger charge is 2.26. The molecule has 1 saturated carbocycles. The first-order valence-electron chi connectivity index (χ1n) is 5.02. The number of amides is 2. The van der Waals surface area contributed by atoms with Gasteiger partial charge in [-0.2, -0.15) is 0 Å². The highest BCUT2D eigenvalue weighted by atomic mass is 19.1. The van der Waals surface area contributed by atoms with Crippen LogP contribution in [-0.4, -0.2) is 17.9 Å². The van der Waals surface area contributed by atoms with Crippen molar-refractivity contribution < 1.29 is 14.0 Å². The fourth-order valence-corrected chi connectivity index (χ4v) is 1.23. The lowest BCUT2D eigenvalue weighted by molar-refractivity contribution is -0.136. The van der Waals surface area contributed by atoms with E-state index in [0.29, 0.717) is 0 Å². The van der Waals surface area contributed by atoms with E-state index in [4.69, 9.17) is 0 Å². The number of carbonyl (C=O) groups excluding carboxylic acids is 2. The molecule has 0 saturated heterocycles. The van der Waals surface area contributed by atoms with Gasteiger partial charge in [0, 0.05) is 11.7 Å². The molecule has 1 fully saturated rings. The minimum atomic E-state index is -0.766. The first-order chi connectivity index (χ1) is 7.65. The molecule has 2 rings (SSSR count). The van der Waals surface area contributed by atoms with Gasteiger partial charge in [-0.3, -0.25) is 9.59 Å². The van der Waals surface area contributed by atoms with Gasteiger partial charge in [0.05, 0.1) is 0 Å². The van der Waals surface area contributed by atoms with Crippen LogP contribution in [0.25, 0.3) is 0 Å². The molecular weight excluding hydrogens is 211 g/mol. The predicted molar refractivity (Wildman–Crippen MR) is 56.2 cm³/mol. The van der Waals surface area contributed by atoms with E-state index in [2.05, 4.69) is 10.6 Å². The summed E-state index contributed by atoms with van der Waals surface area (Å²) in [5, 5.41) is 4.87. The summed E-state index contributed by atoms with van der Waals surface area (Å²) in [6.45, 7) is 0. The summed E-state index contributed by atoms with van der Waals surface area (Å²) in [7, 11) is 0. The van der Waals surface area contributed by atoms with Crippen molar-refractivity contribution in [3.8, 4) is 0 Å². The Bertz CT molecular complexity index is 430. The van der Waals surface area contributed by atoms with Crippen LogP contribution in [0.2, 0.25) is 0 Å². The molecule has 0 aromatic heterocycles. The van der Waals surface area contributed by atoms with Crippen molar-refractivity contribution >= 4 is 17.5 Å². The van der Waals surface area contributed by atoms with Crippen molar-refractivity contribution in [1.29, 1.82) is 0 Å². The maximum Gasteiger partial charge on any atom is 0.313 e. The number of hydrogen-bond acceptors (Lipinski definition) is 2. The zero-order chi connectivity index (χ0) is 11.5. The van der Waals surface area contributed by atoms with E-state index < -0.39 is 17.6 Å².